The van der Waals surface area contributed by atoms with Crippen LogP contribution in [0.2, 0.25) is 0 Å². The van der Waals surface area contributed by atoms with Gasteiger partial charge >= 0.3 is 6.01 Å². The Bertz CT molecular complexity index is 764. The molecule has 7 nitrogen and oxygen atoms in total. The molecule has 1 aromatic carbocycles. The number of benzene rings is 1. The zero-order valence-corrected chi connectivity index (χ0v) is 12.6. The normalized spacial score (nSPS) is 14.1. The van der Waals surface area contributed by atoms with Gasteiger partial charge in [-0.3, -0.25) is 0 Å². The van der Waals surface area contributed by atoms with Crippen LogP contribution in [-0.2, 0) is 12.8 Å². The summed E-state index contributed by atoms with van der Waals surface area (Å²) in [4.78, 5) is 4.40. The number of nitrogens with one attached hydrogen (secondary N) is 1. The van der Waals surface area contributed by atoms with Gasteiger partial charge in [-0.15, -0.1) is 5.10 Å². The molecule has 23 heavy (non-hydrogen) atoms. The third-order valence-corrected chi connectivity index (χ3v) is 3.70. The summed E-state index contributed by atoms with van der Waals surface area (Å²) in [7, 11) is 0. The lowest BCUT2D eigenvalue weighted by molar-refractivity contribution is 0.375. The van der Waals surface area contributed by atoms with Gasteiger partial charge in [0, 0.05) is 25.3 Å². The topological polar surface area (TPSA) is 89.9 Å². The van der Waals surface area contributed by atoms with Crippen molar-refractivity contribution < 1.29 is 8.94 Å². The molecule has 1 N–H and O–H groups in total. The number of aromatic nitrogens is 4. The quantitative estimate of drug-likeness (QED) is 0.717. The molecule has 1 fully saturated rings. The Balaban J connectivity index is 1.27. The van der Waals surface area contributed by atoms with Crippen LogP contribution in [0.1, 0.15) is 41.9 Å². The summed E-state index contributed by atoms with van der Waals surface area (Å²) in [5, 5.41) is 15.1. The Hall–Kier alpha value is -2.70. The summed E-state index contributed by atoms with van der Waals surface area (Å²) < 4.78 is 10.8. The van der Waals surface area contributed by atoms with E-state index in [0.29, 0.717) is 43.0 Å². The van der Waals surface area contributed by atoms with Gasteiger partial charge < -0.3 is 14.3 Å². The third kappa shape index (κ3) is 3.56. The fraction of sp³-hybridized carbons (Fsp3) is 0.375. The van der Waals surface area contributed by atoms with Gasteiger partial charge in [0.1, 0.15) is 0 Å². The van der Waals surface area contributed by atoms with Crippen LogP contribution in [-0.4, -0.2) is 26.9 Å². The Morgan fingerprint density at radius 1 is 1.13 bits per heavy atom. The first-order chi connectivity index (χ1) is 11.4. The second-order valence-electron chi connectivity index (χ2n) is 5.66. The number of hydrogen-bond acceptors (Lipinski definition) is 7. The second kappa shape index (κ2) is 6.20. The number of anilines is 1. The van der Waals surface area contributed by atoms with Crippen LogP contribution in [0.4, 0.5) is 6.01 Å². The molecule has 0 aliphatic heterocycles. The molecule has 3 aromatic rings. The van der Waals surface area contributed by atoms with E-state index in [4.69, 9.17) is 8.94 Å². The zero-order valence-electron chi connectivity index (χ0n) is 12.6. The van der Waals surface area contributed by atoms with Crippen LogP contribution in [0.25, 0.3) is 0 Å². The average molecular weight is 311 g/mol. The van der Waals surface area contributed by atoms with Crippen LogP contribution >= 0.6 is 0 Å². The van der Waals surface area contributed by atoms with Crippen LogP contribution in [0.15, 0.2) is 39.3 Å². The molecule has 2 heterocycles. The van der Waals surface area contributed by atoms with Crippen molar-refractivity contribution in [2.45, 2.75) is 31.6 Å². The van der Waals surface area contributed by atoms with E-state index in [2.05, 4.69) is 25.7 Å². The van der Waals surface area contributed by atoms with E-state index in [9.17, 15) is 0 Å². The number of nitrogens with zero attached hydrogens (tertiary/aromatic N) is 4. The molecule has 0 unspecified atom stereocenters. The summed E-state index contributed by atoms with van der Waals surface area (Å²) in [5.41, 5.74) is 1.16. The van der Waals surface area contributed by atoms with Crippen molar-refractivity contribution >= 4 is 6.01 Å². The highest BCUT2D eigenvalue weighted by Gasteiger charge is 2.29. The maximum atomic E-state index is 5.53. The van der Waals surface area contributed by atoms with E-state index in [1.165, 1.54) is 0 Å². The van der Waals surface area contributed by atoms with Gasteiger partial charge in [-0.1, -0.05) is 40.6 Å². The molecule has 0 atom stereocenters. The highest BCUT2D eigenvalue weighted by molar-refractivity contribution is 5.20. The van der Waals surface area contributed by atoms with E-state index in [-0.39, 0.29) is 0 Å². The SMILES string of the molecule is c1ccc(Cc2noc(CCNc3nnc(C4CC4)o3)n2)cc1. The lowest BCUT2D eigenvalue weighted by Gasteiger charge is -1.97. The first-order valence-electron chi connectivity index (χ1n) is 7.79. The van der Waals surface area contributed by atoms with Crippen molar-refractivity contribution in [3.8, 4) is 0 Å². The van der Waals surface area contributed by atoms with Gasteiger partial charge in [0.15, 0.2) is 5.82 Å². The first-order valence-corrected chi connectivity index (χ1v) is 7.79. The molecule has 1 aliphatic rings. The van der Waals surface area contributed by atoms with Gasteiger partial charge in [0.25, 0.3) is 0 Å². The molecule has 7 heteroatoms. The number of rotatable bonds is 7. The average Bonchev–Trinajstić information content (AvgIpc) is 3.16. The maximum absolute atomic E-state index is 5.53. The molecule has 0 saturated heterocycles. The summed E-state index contributed by atoms with van der Waals surface area (Å²) >= 11 is 0. The molecule has 1 saturated carbocycles. The zero-order chi connectivity index (χ0) is 15.5. The van der Waals surface area contributed by atoms with Crippen molar-refractivity contribution in [1.82, 2.24) is 20.3 Å². The molecule has 2 aromatic heterocycles. The van der Waals surface area contributed by atoms with Gasteiger partial charge in [0.2, 0.25) is 11.8 Å². The molecule has 118 valence electrons. The summed E-state index contributed by atoms with van der Waals surface area (Å²) in [5.74, 6) is 2.50. The minimum atomic E-state index is 0.455. The van der Waals surface area contributed by atoms with Crippen LogP contribution < -0.4 is 5.32 Å². The Morgan fingerprint density at radius 2 is 2.00 bits per heavy atom. The Morgan fingerprint density at radius 3 is 2.83 bits per heavy atom. The monoisotopic (exact) mass is 311 g/mol. The largest absolute Gasteiger partial charge is 0.408 e. The molecular formula is C16H17N5O2. The van der Waals surface area contributed by atoms with Crippen molar-refractivity contribution in [1.29, 1.82) is 0 Å². The van der Waals surface area contributed by atoms with Crippen LogP contribution in [0.3, 0.4) is 0 Å². The molecule has 0 amide bonds. The Labute approximate surface area is 133 Å². The highest BCUT2D eigenvalue weighted by Crippen LogP contribution is 2.39. The third-order valence-electron chi connectivity index (χ3n) is 3.70. The lowest BCUT2D eigenvalue weighted by Crippen LogP contribution is -2.05. The van der Waals surface area contributed by atoms with Crippen molar-refractivity contribution in [2.24, 2.45) is 0 Å². The van der Waals surface area contributed by atoms with Crippen molar-refractivity contribution in [2.75, 3.05) is 11.9 Å². The minimum Gasteiger partial charge on any atom is -0.408 e. The first kappa shape index (κ1) is 13.9. The van der Waals surface area contributed by atoms with E-state index in [1.807, 2.05) is 30.3 Å². The van der Waals surface area contributed by atoms with Gasteiger partial charge in [-0.05, 0) is 18.4 Å². The lowest BCUT2D eigenvalue weighted by atomic mass is 10.1. The van der Waals surface area contributed by atoms with Crippen LogP contribution in [0, 0.1) is 0 Å². The highest BCUT2D eigenvalue weighted by atomic mass is 16.5. The molecule has 0 spiro atoms. The molecule has 1 aliphatic carbocycles. The Kier molecular flexibility index (Phi) is 3.75. The molecular weight excluding hydrogens is 294 g/mol. The summed E-state index contributed by atoms with van der Waals surface area (Å²) in [6.07, 6.45) is 3.58. The van der Waals surface area contributed by atoms with Gasteiger partial charge in [-0.2, -0.15) is 4.98 Å². The minimum absolute atomic E-state index is 0.455. The second-order valence-corrected chi connectivity index (χ2v) is 5.66. The van der Waals surface area contributed by atoms with Gasteiger partial charge in [-0.25, -0.2) is 0 Å². The fourth-order valence-corrected chi connectivity index (χ4v) is 2.32. The molecule has 0 radical (unpaired) electrons. The molecule has 4 rings (SSSR count). The van der Waals surface area contributed by atoms with E-state index in [1.54, 1.807) is 0 Å². The van der Waals surface area contributed by atoms with E-state index >= 15 is 0 Å². The van der Waals surface area contributed by atoms with E-state index < -0.39 is 0 Å². The summed E-state index contributed by atoms with van der Waals surface area (Å²) in [6, 6.07) is 10.5. The summed E-state index contributed by atoms with van der Waals surface area (Å²) in [6.45, 7) is 0.610. The predicted molar refractivity (Wildman–Crippen MR) is 82.0 cm³/mol. The van der Waals surface area contributed by atoms with Crippen LogP contribution in [0.5, 0.6) is 0 Å². The van der Waals surface area contributed by atoms with Crippen molar-refractivity contribution in [3.63, 3.8) is 0 Å². The standard InChI is InChI=1S/C16H17N5O2/c1-2-4-11(5-3-1)10-13-18-14(23-21-13)8-9-17-16-20-19-15(22-16)12-6-7-12/h1-5,12H,6-10H2,(H,17,20). The van der Waals surface area contributed by atoms with Gasteiger partial charge in [0.05, 0.1) is 0 Å². The predicted octanol–water partition coefficient (Wildman–Crippen LogP) is 2.58. The van der Waals surface area contributed by atoms with Crippen molar-refractivity contribution in [3.05, 3.63) is 53.5 Å². The van der Waals surface area contributed by atoms with E-state index in [0.717, 1.165) is 24.3 Å². The number of hydrogen-bond donors (Lipinski definition) is 1. The fourth-order valence-electron chi connectivity index (χ4n) is 2.32. The maximum Gasteiger partial charge on any atom is 0.315 e. The smallest absolute Gasteiger partial charge is 0.315 e. The molecule has 0 bridgehead atoms.